The van der Waals surface area contributed by atoms with Gasteiger partial charge in [-0.3, -0.25) is 0 Å². The summed E-state index contributed by atoms with van der Waals surface area (Å²) in [5.74, 6) is 1.65. The van der Waals surface area contributed by atoms with Gasteiger partial charge in [0.1, 0.15) is 0 Å². The highest BCUT2D eigenvalue weighted by Crippen LogP contribution is 2.38. The van der Waals surface area contributed by atoms with Crippen molar-refractivity contribution in [1.29, 1.82) is 0 Å². The van der Waals surface area contributed by atoms with Crippen molar-refractivity contribution in [2.45, 2.75) is 29.8 Å². The third kappa shape index (κ3) is 3.10. The Hall–Kier alpha value is -0.230. The average Bonchev–Trinajstić information content (AvgIpc) is 2.69. The molecule has 0 radical (unpaired) electrons. The lowest BCUT2D eigenvalue weighted by Gasteiger charge is -2.28. The third-order valence-electron chi connectivity index (χ3n) is 3.68. The molecule has 1 fully saturated rings. The van der Waals surface area contributed by atoms with Gasteiger partial charge >= 0.3 is 0 Å². The number of hydrogen-bond acceptors (Lipinski definition) is 4. The van der Waals surface area contributed by atoms with Gasteiger partial charge in [0.05, 0.1) is 11.5 Å². The average molecular weight is 318 g/mol. The summed E-state index contributed by atoms with van der Waals surface area (Å²) in [5.41, 5.74) is 1.22. The van der Waals surface area contributed by atoms with Gasteiger partial charge < -0.3 is 5.32 Å². The van der Waals surface area contributed by atoms with Crippen molar-refractivity contribution in [2.24, 2.45) is 0 Å². The summed E-state index contributed by atoms with van der Waals surface area (Å²) in [5, 5.41) is 4.25. The summed E-state index contributed by atoms with van der Waals surface area (Å²) in [6.07, 6.45) is 1.75. The maximum Gasteiger partial charge on any atom is 0.151 e. The molecule has 1 aromatic rings. The lowest BCUT2D eigenvalue weighted by atomic mass is 10.0. The van der Waals surface area contributed by atoms with Crippen molar-refractivity contribution in [2.75, 3.05) is 17.3 Å². The summed E-state index contributed by atoms with van der Waals surface area (Å²) in [7, 11) is -2.83. The largest absolute Gasteiger partial charge is 0.306 e. The van der Waals surface area contributed by atoms with E-state index in [2.05, 4.69) is 11.4 Å². The Morgan fingerprint density at radius 3 is 2.89 bits per heavy atom. The maximum atomic E-state index is 11.5. The monoisotopic (exact) mass is 317 g/mol. The molecule has 6 heteroatoms. The Labute approximate surface area is 123 Å². The number of benzene rings is 1. The molecule has 19 heavy (non-hydrogen) atoms. The van der Waals surface area contributed by atoms with Crippen LogP contribution in [0.15, 0.2) is 23.1 Å². The molecule has 0 saturated carbocycles. The number of hydrogen-bond donors (Lipinski definition) is 1. The maximum absolute atomic E-state index is 11.5. The van der Waals surface area contributed by atoms with E-state index < -0.39 is 9.84 Å². The Kier molecular flexibility index (Phi) is 3.82. The topological polar surface area (TPSA) is 46.2 Å². The number of halogens is 1. The lowest BCUT2D eigenvalue weighted by molar-refractivity contribution is 0.444. The number of rotatable bonds is 2. The first kappa shape index (κ1) is 13.7. The fourth-order valence-electron chi connectivity index (χ4n) is 2.75. The van der Waals surface area contributed by atoms with E-state index in [9.17, 15) is 8.42 Å². The molecule has 2 aliphatic heterocycles. The van der Waals surface area contributed by atoms with Gasteiger partial charge in [-0.15, -0.1) is 11.8 Å². The zero-order chi connectivity index (χ0) is 13.5. The fraction of sp³-hybridized carbons (Fsp3) is 0.538. The predicted octanol–water partition coefficient (Wildman–Crippen LogP) is 2.65. The van der Waals surface area contributed by atoms with Gasteiger partial charge in [-0.1, -0.05) is 11.6 Å². The van der Waals surface area contributed by atoms with Crippen molar-refractivity contribution >= 4 is 33.2 Å². The molecule has 0 aromatic heterocycles. The van der Waals surface area contributed by atoms with Crippen LogP contribution < -0.4 is 5.32 Å². The van der Waals surface area contributed by atoms with Gasteiger partial charge in [-0.05, 0) is 42.4 Å². The molecular weight excluding hydrogens is 302 g/mol. The van der Waals surface area contributed by atoms with Crippen LogP contribution in [0.4, 0.5) is 0 Å². The second-order valence-corrected chi connectivity index (χ2v) is 8.94. The molecule has 3 rings (SSSR count). The van der Waals surface area contributed by atoms with E-state index in [-0.39, 0.29) is 17.8 Å². The smallest absolute Gasteiger partial charge is 0.151 e. The number of fused-ring (bicyclic) bond motifs is 1. The molecule has 2 atom stereocenters. The first-order valence-electron chi connectivity index (χ1n) is 6.42. The number of nitrogens with one attached hydrogen (secondary N) is 1. The molecule has 0 aliphatic carbocycles. The van der Waals surface area contributed by atoms with Crippen LogP contribution in [-0.2, 0) is 9.84 Å². The molecule has 1 N–H and O–H groups in total. The van der Waals surface area contributed by atoms with E-state index in [4.69, 9.17) is 11.6 Å². The highest BCUT2D eigenvalue weighted by atomic mass is 35.5. The van der Waals surface area contributed by atoms with Gasteiger partial charge in [-0.25, -0.2) is 8.42 Å². The summed E-state index contributed by atoms with van der Waals surface area (Å²) < 4.78 is 23.0. The standard InChI is InChI=1S/C13H16ClNO2S2/c14-9-1-2-13-11(7-9)12(3-5-18-13)15-10-4-6-19(16,17)8-10/h1-2,7,10,12,15H,3-6,8H2. The Morgan fingerprint density at radius 1 is 1.32 bits per heavy atom. The van der Waals surface area contributed by atoms with Crippen molar-refractivity contribution in [3.63, 3.8) is 0 Å². The second-order valence-electron chi connectivity index (χ2n) is 5.14. The molecule has 2 unspecified atom stereocenters. The van der Waals surface area contributed by atoms with E-state index in [1.165, 1.54) is 10.5 Å². The molecule has 3 nitrogen and oxygen atoms in total. The van der Waals surface area contributed by atoms with Crippen LogP contribution >= 0.6 is 23.4 Å². The highest BCUT2D eigenvalue weighted by Gasteiger charge is 2.31. The normalized spacial score (nSPS) is 29.1. The fourth-order valence-corrected chi connectivity index (χ4v) is 5.72. The first-order chi connectivity index (χ1) is 9.03. The minimum atomic E-state index is -2.83. The lowest BCUT2D eigenvalue weighted by Crippen LogP contribution is -2.35. The van der Waals surface area contributed by atoms with Crippen LogP contribution in [0.5, 0.6) is 0 Å². The molecule has 2 aliphatic rings. The van der Waals surface area contributed by atoms with Gasteiger partial charge in [-0.2, -0.15) is 0 Å². The van der Waals surface area contributed by atoms with E-state index >= 15 is 0 Å². The van der Waals surface area contributed by atoms with Crippen LogP contribution in [-0.4, -0.2) is 31.7 Å². The molecular formula is C13H16ClNO2S2. The van der Waals surface area contributed by atoms with Crippen LogP contribution in [0, 0.1) is 0 Å². The minimum Gasteiger partial charge on any atom is -0.306 e. The quantitative estimate of drug-likeness (QED) is 0.911. The number of sulfone groups is 1. The van der Waals surface area contributed by atoms with Crippen molar-refractivity contribution in [1.82, 2.24) is 5.32 Å². The summed E-state index contributed by atoms with van der Waals surface area (Å²) >= 11 is 7.91. The number of thioether (sulfide) groups is 1. The van der Waals surface area contributed by atoms with E-state index in [0.717, 1.165) is 23.6 Å². The Balaban J connectivity index is 1.79. The third-order valence-corrected chi connectivity index (χ3v) is 6.81. The zero-order valence-corrected chi connectivity index (χ0v) is 12.8. The van der Waals surface area contributed by atoms with Gasteiger partial charge in [0, 0.05) is 22.0 Å². The summed E-state index contributed by atoms with van der Waals surface area (Å²) in [6, 6.07) is 6.29. The van der Waals surface area contributed by atoms with E-state index in [1.807, 2.05) is 23.9 Å². The van der Waals surface area contributed by atoms with Crippen LogP contribution in [0.2, 0.25) is 5.02 Å². The second kappa shape index (κ2) is 5.28. The molecule has 0 bridgehead atoms. The molecule has 1 saturated heterocycles. The molecule has 104 valence electrons. The van der Waals surface area contributed by atoms with Crippen molar-refractivity contribution in [3.8, 4) is 0 Å². The zero-order valence-electron chi connectivity index (χ0n) is 10.4. The van der Waals surface area contributed by atoms with Gasteiger partial charge in [0.25, 0.3) is 0 Å². The molecule has 0 amide bonds. The SMILES string of the molecule is O=S1(=O)CCC(NC2CCSc3ccc(Cl)cc32)C1. The van der Waals surface area contributed by atoms with Crippen molar-refractivity contribution in [3.05, 3.63) is 28.8 Å². The Bertz CT molecular complexity index is 588. The summed E-state index contributed by atoms with van der Waals surface area (Å²) in [4.78, 5) is 1.26. The van der Waals surface area contributed by atoms with Crippen molar-refractivity contribution < 1.29 is 8.42 Å². The molecule has 0 spiro atoms. The minimum absolute atomic E-state index is 0.0879. The predicted molar refractivity (Wildman–Crippen MR) is 79.7 cm³/mol. The Morgan fingerprint density at radius 2 is 2.16 bits per heavy atom. The van der Waals surface area contributed by atoms with Crippen LogP contribution in [0.1, 0.15) is 24.4 Å². The van der Waals surface area contributed by atoms with E-state index in [1.54, 1.807) is 0 Å². The van der Waals surface area contributed by atoms with Crippen LogP contribution in [0.25, 0.3) is 0 Å². The van der Waals surface area contributed by atoms with Gasteiger partial charge in [0.15, 0.2) is 9.84 Å². The van der Waals surface area contributed by atoms with E-state index in [0.29, 0.717) is 5.75 Å². The first-order valence-corrected chi connectivity index (χ1v) is 9.61. The highest BCUT2D eigenvalue weighted by molar-refractivity contribution is 7.99. The summed E-state index contributed by atoms with van der Waals surface area (Å²) in [6.45, 7) is 0. The van der Waals surface area contributed by atoms with Gasteiger partial charge in [0.2, 0.25) is 0 Å². The molecule has 1 aromatic carbocycles. The van der Waals surface area contributed by atoms with Crippen LogP contribution in [0.3, 0.4) is 0 Å². The molecule has 2 heterocycles.